The molecule has 1 atom stereocenters. The summed E-state index contributed by atoms with van der Waals surface area (Å²) in [7, 11) is 0. The van der Waals surface area contributed by atoms with Gasteiger partial charge in [-0.1, -0.05) is 43.5 Å². The summed E-state index contributed by atoms with van der Waals surface area (Å²) in [6.45, 7) is 10.3. The highest BCUT2D eigenvalue weighted by molar-refractivity contribution is 6.11. The maximum atomic E-state index is 13.2. The largest absolute Gasteiger partial charge is 0.339 e. The van der Waals surface area contributed by atoms with Gasteiger partial charge >= 0.3 is 0 Å². The molecule has 3 rings (SSSR count). The molecule has 5 heteroatoms. The Morgan fingerprint density at radius 2 is 2.07 bits per heavy atom. The molecule has 0 radical (unpaired) electrons. The molecule has 2 aromatic rings. The Kier molecular flexibility index (Phi) is 6.39. The minimum absolute atomic E-state index is 0.0164. The molecule has 0 saturated heterocycles. The van der Waals surface area contributed by atoms with Gasteiger partial charge in [-0.05, 0) is 24.5 Å². The van der Waals surface area contributed by atoms with E-state index in [1.54, 1.807) is 6.08 Å². The van der Waals surface area contributed by atoms with Crippen LogP contribution in [0.2, 0.25) is 0 Å². The third kappa shape index (κ3) is 4.06. The van der Waals surface area contributed by atoms with Crippen LogP contribution in [-0.2, 0) is 17.8 Å². The Hall–Kier alpha value is -2.76. The van der Waals surface area contributed by atoms with Gasteiger partial charge in [-0.15, -0.1) is 0 Å². The lowest BCUT2D eigenvalue weighted by Gasteiger charge is -2.23. The first kappa shape index (κ1) is 20.0. The van der Waals surface area contributed by atoms with Crippen LogP contribution in [0.25, 0.3) is 10.9 Å². The zero-order chi connectivity index (χ0) is 20.1. The summed E-state index contributed by atoms with van der Waals surface area (Å²) in [5, 5.41) is 4.27. The molecule has 1 heterocycles. The number of nitrogens with two attached hydrogens (primary N) is 1. The smallest absolute Gasteiger partial charge is 0.169 e. The lowest BCUT2D eigenvalue weighted by molar-refractivity contribution is -0.104. The second-order valence-corrected chi connectivity index (χ2v) is 7.20. The second kappa shape index (κ2) is 8.95. The topological polar surface area (TPSA) is 77.1 Å². The molecule has 3 N–H and O–H groups in total. The lowest BCUT2D eigenvalue weighted by atomic mass is 9.85. The van der Waals surface area contributed by atoms with Crippen molar-refractivity contribution in [3.8, 4) is 0 Å². The molecule has 5 nitrogen and oxygen atoms in total. The SMILES string of the molecule is C=C(C=O)C=CC(=C)Cn1c2c(c3ccccc31)C(=O)C(CNCCN)CC2. The number of hydrogen-bond donors (Lipinski definition) is 2. The van der Waals surface area contributed by atoms with Crippen molar-refractivity contribution in [2.45, 2.75) is 19.4 Å². The number of carbonyl (C=O) groups excluding carboxylic acids is 2. The van der Waals surface area contributed by atoms with Gasteiger partial charge in [0.05, 0.1) is 0 Å². The van der Waals surface area contributed by atoms with Crippen LogP contribution >= 0.6 is 0 Å². The fraction of sp³-hybridized carbons (Fsp3) is 0.304. The van der Waals surface area contributed by atoms with Crippen LogP contribution in [-0.4, -0.2) is 36.3 Å². The normalized spacial score (nSPS) is 16.5. The van der Waals surface area contributed by atoms with Crippen LogP contribution in [0.1, 0.15) is 22.5 Å². The van der Waals surface area contributed by atoms with E-state index >= 15 is 0 Å². The molecule has 0 spiro atoms. The van der Waals surface area contributed by atoms with Crippen LogP contribution in [0.3, 0.4) is 0 Å². The molecule has 28 heavy (non-hydrogen) atoms. The van der Waals surface area contributed by atoms with Gasteiger partial charge in [0.2, 0.25) is 0 Å². The number of allylic oxidation sites excluding steroid dienone is 4. The number of aromatic nitrogens is 1. The number of ketones is 1. The predicted octanol–water partition coefficient (Wildman–Crippen LogP) is 2.80. The van der Waals surface area contributed by atoms with Gasteiger partial charge in [0.1, 0.15) is 6.29 Å². The van der Waals surface area contributed by atoms with E-state index in [2.05, 4.69) is 23.0 Å². The van der Waals surface area contributed by atoms with Gasteiger partial charge < -0.3 is 15.6 Å². The van der Waals surface area contributed by atoms with Crippen LogP contribution in [0.5, 0.6) is 0 Å². The number of carbonyl (C=O) groups is 2. The predicted molar refractivity (Wildman–Crippen MR) is 113 cm³/mol. The molecule has 0 bridgehead atoms. The van der Waals surface area contributed by atoms with Gasteiger partial charge in [-0.3, -0.25) is 9.59 Å². The fourth-order valence-electron chi connectivity index (χ4n) is 3.81. The Bertz CT molecular complexity index is 952. The van der Waals surface area contributed by atoms with Crippen molar-refractivity contribution < 1.29 is 9.59 Å². The van der Waals surface area contributed by atoms with E-state index in [1.807, 2.05) is 30.3 Å². The maximum Gasteiger partial charge on any atom is 0.169 e. The quantitative estimate of drug-likeness (QED) is 0.305. The van der Waals surface area contributed by atoms with E-state index in [0.717, 1.165) is 47.1 Å². The number of hydrogen-bond acceptors (Lipinski definition) is 4. The molecule has 146 valence electrons. The van der Waals surface area contributed by atoms with Gasteiger partial charge in [-0.25, -0.2) is 0 Å². The maximum absolute atomic E-state index is 13.2. The first-order valence-corrected chi connectivity index (χ1v) is 9.61. The number of para-hydroxylation sites is 1. The summed E-state index contributed by atoms with van der Waals surface area (Å²) in [5.74, 6) is 0.188. The summed E-state index contributed by atoms with van der Waals surface area (Å²) in [4.78, 5) is 23.9. The number of fused-ring (bicyclic) bond motifs is 3. The summed E-state index contributed by atoms with van der Waals surface area (Å²) in [5.41, 5.74) is 9.76. The highest BCUT2D eigenvalue weighted by atomic mass is 16.1. The van der Waals surface area contributed by atoms with Crippen LogP contribution < -0.4 is 11.1 Å². The molecule has 1 aliphatic carbocycles. The number of rotatable bonds is 9. The van der Waals surface area contributed by atoms with Crippen LogP contribution in [0.15, 0.2) is 60.7 Å². The Morgan fingerprint density at radius 1 is 1.29 bits per heavy atom. The first-order valence-electron chi connectivity index (χ1n) is 9.61. The molecular weight excluding hydrogens is 350 g/mol. The molecule has 1 unspecified atom stereocenters. The Morgan fingerprint density at radius 3 is 2.82 bits per heavy atom. The van der Waals surface area contributed by atoms with E-state index in [4.69, 9.17) is 5.73 Å². The van der Waals surface area contributed by atoms with Gasteiger partial charge in [0.25, 0.3) is 0 Å². The van der Waals surface area contributed by atoms with Crippen molar-refractivity contribution in [1.29, 1.82) is 0 Å². The van der Waals surface area contributed by atoms with E-state index in [9.17, 15) is 9.59 Å². The summed E-state index contributed by atoms with van der Waals surface area (Å²) in [6, 6.07) is 8.02. The average molecular weight is 377 g/mol. The molecular formula is C23H27N3O2. The zero-order valence-corrected chi connectivity index (χ0v) is 16.1. The summed E-state index contributed by atoms with van der Waals surface area (Å²) < 4.78 is 2.18. The molecule has 1 aromatic heterocycles. The Balaban J connectivity index is 1.93. The number of aldehydes is 1. The van der Waals surface area contributed by atoms with Gasteiger partial charge in [0.15, 0.2) is 5.78 Å². The molecule has 0 saturated carbocycles. The van der Waals surface area contributed by atoms with Gasteiger partial charge in [-0.2, -0.15) is 0 Å². The number of nitrogens with one attached hydrogen (secondary N) is 1. The van der Waals surface area contributed by atoms with Crippen LogP contribution in [0, 0.1) is 5.92 Å². The first-order chi connectivity index (χ1) is 13.6. The second-order valence-electron chi connectivity index (χ2n) is 7.20. The minimum Gasteiger partial charge on any atom is -0.339 e. The average Bonchev–Trinajstić information content (AvgIpc) is 3.02. The van der Waals surface area contributed by atoms with Crippen molar-refractivity contribution in [2.24, 2.45) is 11.7 Å². The zero-order valence-electron chi connectivity index (χ0n) is 16.1. The van der Waals surface area contributed by atoms with Crippen molar-refractivity contribution in [3.05, 3.63) is 72.0 Å². The monoisotopic (exact) mass is 377 g/mol. The minimum atomic E-state index is -0.0164. The van der Waals surface area contributed by atoms with E-state index in [-0.39, 0.29) is 11.7 Å². The van der Waals surface area contributed by atoms with Crippen molar-refractivity contribution in [2.75, 3.05) is 19.6 Å². The van der Waals surface area contributed by atoms with E-state index in [0.29, 0.717) is 31.5 Å². The van der Waals surface area contributed by atoms with E-state index < -0.39 is 0 Å². The van der Waals surface area contributed by atoms with Crippen molar-refractivity contribution >= 4 is 23.0 Å². The third-order valence-corrected chi connectivity index (χ3v) is 5.18. The standard InChI is InChI=1S/C23H27N3O2/c1-16(7-8-17(2)15-27)14-26-20-6-4-3-5-19(20)22-21(26)10-9-18(23(22)28)13-25-12-11-24/h3-8,15,18,25H,1-2,9-14,24H2. The summed E-state index contributed by atoms with van der Waals surface area (Å²) in [6.07, 6.45) is 5.86. The number of nitrogens with zero attached hydrogens (tertiary/aromatic N) is 1. The number of benzene rings is 1. The van der Waals surface area contributed by atoms with Gasteiger partial charge in [0, 0.05) is 59.8 Å². The molecule has 0 amide bonds. The fourth-order valence-corrected chi connectivity index (χ4v) is 3.81. The molecule has 0 aliphatic heterocycles. The highest BCUT2D eigenvalue weighted by Crippen LogP contribution is 2.34. The van der Waals surface area contributed by atoms with Crippen molar-refractivity contribution in [1.82, 2.24) is 9.88 Å². The van der Waals surface area contributed by atoms with E-state index in [1.165, 1.54) is 0 Å². The number of Topliss-reactive ketones (excluding diaryl/α,β-unsaturated/α-hetero) is 1. The lowest BCUT2D eigenvalue weighted by Crippen LogP contribution is -2.34. The van der Waals surface area contributed by atoms with Crippen molar-refractivity contribution in [3.63, 3.8) is 0 Å². The highest BCUT2D eigenvalue weighted by Gasteiger charge is 2.32. The molecule has 0 fully saturated rings. The molecule has 1 aliphatic rings. The molecule has 1 aromatic carbocycles. The third-order valence-electron chi connectivity index (χ3n) is 5.18. The summed E-state index contributed by atoms with van der Waals surface area (Å²) >= 11 is 0. The Labute approximate surface area is 165 Å². The van der Waals surface area contributed by atoms with Crippen LogP contribution in [0.4, 0.5) is 0 Å².